The number of carbonyl (C=O) groups excluding carboxylic acids is 1. The average Bonchev–Trinajstić information content (AvgIpc) is 3.20. The normalized spacial score (nSPS) is 24.8. The summed E-state index contributed by atoms with van der Waals surface area (Å²) in [6.45, 7) is 9.91. The van der Waals surface area contributed by atoms with Crippen LogP contribution in [0.5, 0.6) is 0 Å². The number of hydrogen-bond donors (Lipinski definition) is 1. The molecule has 26 heavy (non-hydrogen) atoms. The molecule has 7 heteroatoms. The van der Waals surface area contributed by atoms with E-state index in [-0.39, 0.29) is 23.5 Å². The molecule has 1 aromatic heterocycles. The lowest BCUT2D eigenvalue weighted by molar-refractivity contribution is -0.145. The fraction of sp³-hybridized carbons (Fsp3) is 0.737. The maximum Gasteiger partial charge on any atom is 0.309 e. The van der Waals surface area contributed by atoms with Crippen molar-refractivity contribution in [2.45, 2.75) is 58.6 Å². The van der Waals surface area contributed by atoms with Gasteiger partial charge in [0.15, 0.2) is 0 Å². The molecule has 0 saturated carbocycles. The number of aliphatic carboxylic acids is 1. The fourth-order valence-electron chi connectivity index (χ4n) is 4.24. The van der Waals surface area contributed by atoms with Gasteiger partial charge in [-0.15, -0.1) is 0 Å². The third-order valence-corrected chi connectivity index (χ3v) is 5.62. The lowest BCUT2D eigenvalue weighted by atomic mass is 9.84. The molecule has 1 N–H and O–H groups in total. The van der Waals surface area contributed by atoms with Gasteiger partial charge in [-0.2, -0.15) is 5.10 Å². The second-order valence-corrected chi connectivity index (χ2v) is 8.42. The highest BCUT2D eigenvalue weighted by Crippen LogP contribution is 2.33. The molecule has 0 bridgehead atoms. The number of likely N-dealkylation sites (tertiary alicyclic amines) is 1. The maximum atomic E-state index is 12.9. The standard InChI is InChI=1S/C19H29N3O4/c1-12-15(11-20-22(12)19(2,3)4)17(23)21-8-5-13(6-9-21)16-14(18(24)25)7-10-26-16/h11,13-14,16H,5-10H2,1-4H3,(H,24,25)/t14?,16-/m0/s1. The van der Waals surface area contributed by atoms with Crippen molar-refractivity contribution in [3.63, 3.8) is 0 Å². The van der Waals surface area contributed by atoms with E-state index in [4.69, 9.17) is 4.74 Å². The Kier molecular flexibility index (Phi) is 5.10. The lowest BCUT2D eigenvalue weighted by Crippen LogP contribution is -2.43. The molecule has 2 aliphatic heterocycles. The lowest BCUT2D eigenvalue weighted by Gasteiger charge is -2.35. The van der Waals surface area contributed by atoms with Gasteiger partial charge in [-0.3, -0.25) is 14.3 Å². The van der Waals surface area contributed by atoms with Crippen molar-refractivity contribution in [1.29, 1.82) is 0 Å². The highest BCUT2D eigenvalue weighted by Gasteiger charge is 2.41. The molecular weight excluding hydrogens is 334 g/mol. The highest BCUT2D eigenvalue weighted by atomic mass is 16.5. The zero-order chi connectivity index (χ0) is 19.1. The summed E-state index contributed by atoms with van der Waals surface area (Å²) in [6, 6.07) is 0. The van der Waals surface area contributed by atoms with Crippen LogP contribution in [0.4, 0.5) is 0 Å². The van der Waals surface area contributed by atoms with Crippen LogP contribution in [0.2, 0.25) is 0 Å². The number of nitrogens with zero attached hydrogens (tertiary/aromatic N) is 3. The Hall–Kier alpha value is -1.89. The van der Waals surface area contributed by atoms with Crippen LogP contribution in [0, 0.1) is 18.8 Å². The molecule has 1 amide bonds. The van der Waals surface area contributed by atoms with E-state index in [9.17, 15) is 14.7 Å². The predicted octanol–water partition coefficient (Wildman–Crippen LogP) is 2.29. The van der Waals surface area contributed by atoms with Gasteiger partial charge in [0, 0.05) is 25.4 Å². The number of hydrogen-bond acceptors (Lipinski definition) is 4. The van der Waals surface area contributed by atoms with Crippen molar-refractivity contribution in [3.05, 3.63) is 17.5 Å². The van der Waals surface area contributed by atoms with Crippen LogP contribution in [0.3, 0.4) is 0 Å². The molecule has 2 saturated heterocycles. The number of carboxylic acid groups (broad SMARTS) is 1. The van der Waals surface area contributed by atoms with E-state index in [1.165, 1.54) is 0 Å². The van der Waals surface area contributed by atoms with E-state index in [1.54, 1.807) is 6.20 Å². The molecular formula is C19H29N3O4. The quantitative estimate of drug-likeness (QED) is 0.891. The molecule has 1 unspecified atom stereocenters. The van der Waals surface area contributed by atoms with E-state index in [2.05, 4.69) is 25.9 Å². The number of amides is 1. The summed E-state index contributed by atoms with van der Waals surface area (Å²) in [7, 11) is 0. The molecule has 1 aromatic rings. The molecule has 144 valence electrons. The minimum atomic E-state index is -0.767. The first-order chi connectivity index (χ1) is 12.2. The van der Waals surface area contributed by atoms with Gasteiger partial charge in [0.05, 0.1) is 29.3 Å². The Balaban J connectivity index is 1.64. The third kappa shape index (κ3) is 3.49. The predicted molar refractivity (Wildman–Crippen MR) is 96.1 cm³/mol. The molecule has 3 rings (SSSR count). The first-order valence-corrected chi connectivity index (χ1v) is 9.39. The maximum absolute atomic E-state index is 12.9. The Bertz CT molecular complexity index is 683. The van der Waals surface area contributed by atoms with Crippen molar-refractivity contribution >= 4 is 11.9 Å². The van der Waals surface area contributed by atoms with Crippen LogP contribution in [-0.4, -0.2) is 57.5 Å². The molecule has 2 aliphatic rings. The zero-order valence-electron chi connectivity index (χ0n) is 16.1. The number of carboxylic acids is 1. The summed E-state index contributed by atoms with van der Waals surface area (Å²) in [6.07, 6.45) is 3.61. The molecule has 3 heterocycles. The Labute approximate surface area is 154 Å². The molecule has 0 radical (unpaired) electrons. The molecule has 0 aliphatic carbocycles. The summed E-state index contributed by atoms with van der Waals surface area (Å²) >= 11 is 0. The summed E-state index contributed by atoms with van der Waals surface area (Å²) < 4.78 is 7.59. The number of ether oxygens (including phenoxy) is 1. The summed E-state index contributed by atoms with van der Waals surface area (Å²) in [4.78, 5) is 26.1. The SMILES string of the molecule is Cc1c(C(=O)N2CCC([C@@H]3OCCC3C(=O)O)CC2)cnn1C(C)(C)C. The van der Waals surface area contributed by atoms with Crippen LogP contribution >= 0.6 is 0 Å². The summed E-state index contributed by atoms with van der Waals surface area (Å²) in [5.74, 6) is -0.953. The smallest absolute Gasteiger partial charge is 0.309 e. The Morgan fingerprint density at radius 2 is 1.88 bits per heavy atom. The van der Waals surface area contributed by atoms with Crippen molar-refractivity contribution in [2.24, 2.45) is 11.8 Å². The van der Waals surface area contributed by atoms with Crippen LogP contribution in [0.25, 0.3) is 0 Å². The number of aromatic nitrogens is 2. The van der Waals surface area contributed by atoms with E-state index < -0.39 is 11.9 Å². The first kappa shape index (κ1) is 18.9. The first-order valence-electron chi connectivity index (χ1n) is 9.39. The topological polar surface area (TPSA) is 84.7 Å². The molecule has 2 atom stereocenters. The van der Waals surface area contributed by atoms with Crippen LogP contribution in [0.15, 0.2) is 6.20 Å². The van der Waals surface area contributed by atoms with Crippen LogP contribution in [0.1, 0.15) is 56.1 Å². The number of piperidine rings is 1. The minimum absolute atomic E-state index is 0.0126. The Morgan fingerprint density at radius 3 is 2.42 bits per heavy atom. The van der Waals surface area contributed by atoms with E-state index in [0.29, 0.717) is 31.7 Å². The van der Waals surface area contributed by atoms with Gasteiger partial charge in [0.25, 0.3) is 5.91 Å². The number of carbonyl (C=O) groups is 2. The fourth-order valence-corrected chi connectivity index (χ4v) is 4.24. The highest BCUT2D eigenvalue weighted by molar-refractivity contribution is 5.95. The molecule has 0 aromatic carbocycles. The van der Waals surface area contributed by atoms with Crippen molar-refractivity contribution < 1.29 is 19.4 Å². The van der Waals surface area contributed by atoms with Crippen LogP contribution < -0.4 is 0 Å². The molecule has 7 nitrogen and oxygen atoms in total. The molecule has 2 fully saturated rings. The summed E-state index contributed by atoms with van der Waals surface area (Å²) in [5.41, 5.74) is 1.37. The zero-order valence-corrected chi connectivity index (χ0v) is 16.1. The van der Waals surface area contributed by atoms with E-state index >= 15 is 0 Å². The Morgan fingerprint density at radius 1 is 1.23 bits per heavy atom. The van der Waals surface area contributed by atoms with Gasteiger partial charge < -0.3 is 14.7 Å². The summed E-state index contributed by atoms with van der Waals surface area (Å²) in [5, 5.41) is 13.7. The largest absolute Gasteiger partial charge is 0.481 e. The van der Waals surface area contributed by atoms with E-state index in [0.717, 1.165) is 18.5 Å². The van der Waals surface area contributed by atoms with Gasteiger partial charge in [0.1, 0.15) is 0 Å². The van der Waals surface area contributed by atoms with Gasteiger partial charge >= 0.3 is 5.97 Å². The van der Waals surface area contributed by atoms with Gasteiger partial charge in [-0.05, 0) is 52.9 Å². The van der Waals surface area contributed by atoms with Gasteiger partial charge in [0.2, 0.25) is 0 Å². The average molecular weight is 363 g/mol. The second kappa shape index (κ2) is 7.02. The van der Waals surface area contributed by atoms with Gasteiger partial charge in [-0.25, -0.2) is 0 Å². The minimum Gasteiger partial charge on any atom is -0.481 e. The molecule has 0 spiro atoms. The van der Waals surface area contributed by atoms with Crippen molar-refractivity contribution in [2.75, 3.05) is 19.7 Å². The second-order valence-electron chi connectivity index (χ2n) is 8.42. The van der Waals surface area contributed by atoms with Gasteiger partial charge in [-0.1, -0.05) is 0 Å². The van der Waals surface area contributed by atoms with Crippen LogP contribution in [-0.2, 0) is 15.1 Å². The number of rotatable bonds is 3. The monoisotopic (exact) mass is 363 g/mol. The van der Waals surface area contributed by atoms with Crippen molar-refractivity contribution in [3.8, 4) is 0 Å². The van der Waals surface area contributed by atoms with Crippen molar-refractivity contribution in [1.82, 2.24) is 14.7 Å². The van der Waals surface area contributed by atoms with E-state index in [1.807, 2.05) is 16.5 Å². The third-order valence-electron chi connectivity index (χ3n) is 5.62.